The van der Waals surface area contributed by atoms with E-state index in [1.165, 1.54) is 11.3 Å². The lowest BCUT2D eigenvalue weighted by Gasteiger charge is -2.06. The van der Waals surface area contributed by atoms with E-state index in [9.17, 15) is 4.79 Å². The highest BCUT2D eigenvalue weighted by atomic mass is 32.1. The highest BCUT2D eigenvalue weighted by molar-refractivity contribution is 7.13. The summed E-state index contributed by atoms with van der Waals surface area (Å²) in [5, 5.41) is 5.25. The predicted octanol–water partition coefficient (Wildman–Crippen LogP) is 2.87. The third-order valence-corrected chi connectivity index (χ3v) is 3.36. The van der Waals surface area contributed by atoms with Crippen LogP contribution in [0.5, 0.6) is 5.75 Å². The summed E-state index contributed by atoms with van der Waals surface area (Å²) < 4.78 is 5.36. The zero-order valence-electron chi connectivity index (χ0n) is 11.4. The second-order valence-corrected chi connectivity index (χ2v) is 5.50. The van der Waals surface area contributed by atoms with Gasteiger partial charge in [-0.05, 0) is 18.1 Å². The molecule has 0 spiro atoms. The zero-order valence-corrected chi connectivity index (χ0v) is 12.2. The van der Waals surface area contributed by atoms with Gasteiger partial charge >= 0.3 is 0 Å². The highest BCUT2D eigenvalue weighted by Gasteiger charge is 2.09. The van der Waals surface area contributed by atoms with E-state index in [2.05, 4.69) is 24.1 Å². The number of nitrogens with one attached hydrogen (secondary N) is 1. The third kappa shape index (κ3) is 3.96. The Hall–Kier alpha value is -2.08. The molecule has 1 heterocycles. The van der Waals surface area contributed by atoms with Crippen LogP contribution in [-0.2, 0) is 4.79 Å². The van der Waals surface area contributed by atoms with Gasteiger partial charge in [-0.25, -0.2) is 4.98 Å². The Labute approximate surface area is 121 Å². The number of hydrogen-bond donors (Lipinski definition) is 2. The van der Waals surface area contributed by atoms with Crippen LogP contribution in [-0.4, -0.2) is 17.5 Å². The Kier molecular flexibility index (Phi) is 4.57. The molecule has 2 aromatic rings. The number of nitrogens with two attached hydrogens (primary N) is 1. The summed E-state index contributed by atoms with van der Waals surface area (Å²) in [4.78, 5) is 16.1. The Morgan fingerprint density at radius 1 is 1.50 bits per heavy atom. The molecule has 3 N–H and O–H groups in total. The van der Waals surface area contributed by atoms with Crippen molar-refractivity contribution < 1.29 is 9.53 Å². The molecule has 0 aliphatic heterocycles. The second kappa shape index (κ2) is 6.38. The van der Waals surface area contributed by atoms with Gasteiger partial charge in [-0.2, -0.15) is 0 Å². The number of anilines is 2. The van der Waals surface area contributed by atoms with Crippen molar-refractivity contribution in [3.63, 3.8) is 0 Å². The van der Waals surface area contributed by atoms with Crippen LogP contribution in [0.4, 0.5) is 10.8 Å². The van der Waals surface area contributed by atoms with Crippen LogP contribution in [0, 0.1) is 0 Å². The van der Waals surface area contributed by atoms with Crippen molar-refractivity contribution in [2.45, 2.75) is 19.8 Å². The molecule has 0 atom stereocenters. The third-order valence-electron chi connectivity index (χ3n) is 2.59. The molecule has 20 heavy (non-hydrogen) atoms. The molecule has 2 rings (SSSR count). The molecule has 0 bridgehead atoms. The molecule has 0 radical (unpaired) electrons. The first-order valence-electron chi connectivity index (χ1n) is 6.28. The molecular weight excluding hydrogens is 274 g/mol. The summed E-state index contributed by atoms with van der Waals surface area (Å²) in [7, 11) is 0. The molecule has 1 aromatic heterocycles. The molecule has 6 heteroatoms. The maximum Gasteiger partial charge on any atom is 0.264 e. The standard InChI is InChI=1S/C14H17N3O2S/c1-9(2)12-8-20-14(16-12)17-13(18)7-19-11-5-3-4-10(15)6-11/h3-6,8-9H,7,15H2,1-2H3,(H,16,17,18). The lowest BCUT2D eigenvalue weighted by Crippen LogP contribution is -2.20. The number of hydrogen-bond acceptors (Lipinski definition) is 5. The zero-order chi connectivity index (χ0) is 14.5. The van der Waals surface area contributed by atoms with E-state index in [0.717, 1.165) is 5.69 Å². The van der Waals surface area contributed by atoms with Crippen molar-refractivity contribution in [2.75, 3.05) is 17.7 Å². The number of benzene rings is 1. The molecule has 0 saturated heterocycles. The summed E-state index contributed by atoms with van der Waals surface area (Å²) in [6.45, 7) is 4.05. The molecule has 0 aliphatic rings. The Bertz CT molecular complexity index is 596. The SMILES string of the molecule is CC(C)c1csc(NC(=O)COc2cccc(N)c2)n1. The minimum absolute atomic E-state index is 0.0694. The van der Waals surface area contributed by atoms with Crippen molar-refractivity contribution >= 4 is 28.1 Å². The average molecular weight is 291 g/mol. The van der Waals surface area contributed by atoms with E-state index >= 15 is 0 Å². The molecule has 106 valence electrons. The van der Waals surface area contributed by atoms with Crippen LogP contribution in [0.1, 0.15) is 25.5 Å². The van der Waals surface area contributed by atoms with Gasteiger partial charge in [0.1, 0.15) is 5.75 Å². The summed E-state index contributed by atoms with van der Waals surface area (Å²) in [6.07, 6.45) is 0. The van der Waals surface area contributed by atoms with Crippen molar-refractivity contribution in [1.82, 2.24) is 4.98 Å². The Balaban J connectivity index is 1.86. The maximum absolute atomic E-state index is 11.7. The summed E-state index contributed by atoms with van der Waals surface area (Å²) in [6, 6.07) is 6.96. The molecule has 0 fully saturated rings. The lowest BCUT2D eigenvalue weighted by atomic mass is 10.2. The number of amides is 1. The first kappa shape index (κ1) is 14.3. The highest BCUT2D eigenvalue weighted by Crippen LogP contribution is 2.21. The number of rotatable bonds is 5. The van der Waals surface area contributed by atoms with E-state index in [0.29, 0.717) is 22.5 Å². The molecular formula is C14H17N3O2S. The Morgan fingerprint density at radius 3 is 2.95 bits per heavy atom. The van der Waals surface area contributed by atoms with E-state index < -0.39 is 0 Å². The number of nitrogen functional groups attached to an aromatic ring is 1. The summed E-state index contributed by atoms with van der Waals surface area (Å²) in [5.74, 6) is 0.680. The average Bonchev–Trinajstić information content (AvgIpc) is 2.85. The minimum Gasteiger partial charge on any atom is -0.484 e. The van der Waals surface area contributed by atoms with E-state index in [1.54, 1.807) is 24.3 Å². The van der Waals surface area contributed by atoms with Gasteiger partial charge in [0.2, 0.25) is 0 Å². The van der Waals surface area contributed by atoms with Gasteiger partial charge < -0.3 is 10.5 Å². The van der Waals surface area contributed by atoms with Crippen LogP contribution in [0.15, 0.2) is 29.6 Å². The number of thiazole rings is 1. The first-order valence-corrected chi connectivity index (χ1v) is 7.16. The largest absolute Gasteiger partial charge is 0.484 e. The molecule has 1 amide bonds. The van der Waals surface area contributed by atoms with E-state index in [-0.39, 0.29) is 12.5 Å². The van der Waals surface area contributed by atoms with Crippen LogP contribution < -0.4 is 15.8 Å². The van der Waals surface area contributed by atoms with Crippen molar-refractivity contribution in [1.29, 1.82) is 0 Å². The van der Waals surface area contributed by atoms with Gasteiger partial charge in [0.15, 0.2) is 11.7 Å². The van der Waals surface area contributed by atoms with Gasteiger partial charge in [-0.3, -0.25) is 10.1 Å². The van der Waals surface area contributed by atoms with Gasteiger partial charge in [0, 0.05) is 17.1 Å². The molecule has 0 aliphatic carbocycles. The van der Waals surface area contributed by atoms with Gasteiger partial charge in [-0.15, -0.1) is 11.3 Å². The van der Waals surface area contributed by atoms with Gasteiger partial charge in [-0.1, -0.05) is 19.9 Å². The van der Waals surface area contributed by atoms with Gasteiger partial charge in [0.05, 0.1) is 5.69 Å². The smallest absolute Gasteiger partial charge is 0.264 e. The topological polar surface area (TPSA) is 77.2 Å². The van der Waals surface area contributed by atoms with Crippen LogP contribution >= 0.6 is 11.3 Å². The minimum atomic E-state index is -0.239. The number of nitrogens with zero attached hydrogens (tertiary/aromatic N) is 1. The fourth-order valence-corrected chi connectivity index (χ4v) is 2.41. The van der Waals surface area contributed by atoms with Crippen LogP contribution in [0.2, 0.25) is 0 Å². The van der Waals surface area contributed by atoms with Crippen LogP contribution in [0.3, 0.4) is 0 Å². The molecule has 5 nitrogen and oxygen atoms in total. The molecule has 0 saturated carbocycles. The molecule has 0 unspecified atom stereocenters. The summed E-state index contributed by atoms with van der Waals surface area (Å²) >= 11 is 1.41. The normalized spacial score (nSPS) is 10.6. The van der Waals surface area contributed by atoms with Crippen LogP contribution in [0.25, 0.3) is 0 Å². The number of carbonyl (C=O) groups excluding carboxylic acids is 1. The summed E-state index contributed by atoms with van der Waals surface area (Å²) in [5.41, 5.74) is 7.21. The second-order valence-electron chi connectivity index (χ2n) is 4.64. The fourth-order valence-electron chi connectivity index (χ4n) is 1.52. The monoisotopic (exact) mass is 291 g/mol. The fraction of sp³-hybridized carbons (Fsp3) is 0.286. The van der Waals surface area contributed by atoms with Crippen molar-refractivity contribution in [3.8, 4) is 5.75 Å². The van der Waals surface area contributed by atoms with Gasteiger partial charge in [0.25, 0.3) is 5.91 Å². The number of ether oxygens (including phenoxy) is 1. The van der Waals surface area contributed by atoms with Crippen molar-refractivity contribution in [2.24, 2.45) is 0 Å². The Morgan fingerprint density at radius 2 is 2.30 bits per heavy atom. The maximum atomic E-state index is 11.7. The lowest BCUT2D eigenvalue weighted by molar-refractivity contribution is -0.118. The van der Waals surface area contributed by atoms with E-state index in [1.807, 2.05) is 5.38 Å². The first-order chi connectivity index (χ1) is 9.54. The van der Waals surface area contributed by atoms with E-state index in [4.69, 9.17) is 10.5 Å². The molecule has 1 aromatic carbocycles. The number of aromatic nitrogens is 1. The van der Waals surface area contributed by atoms with Crippen molar-refractivity contribution in [3.05, 3.63) is 35.3 Å². The predicted molar refractivity (Wildman–Crippen MR) is 81.2 cm³/mol. The number of carbonyl (C=O) groups is 1. The quantitative estimate of drug-likeness (QED) is 0.830.